The molecule has 0 saturated carbocycles. The predicted molar refractivity (Wildman–Crippen MR) is 90.9 cm³/mol. The summed E-state index contributed by atoms with van der Waals surface area (Å²) in [5.41, 5.74) is 0.815. The Morgan fingerprint density at radius 1 is 1.00 bits per heavy atom. The second-order valence-corrected chi connectivity index (χ2v) is 5.50. The van der Waals surface area contributed by atoms with Crippen LogP contribution in [0.15, 0.2) is 30.6 Å². The maximum absolute atomic E-state index is 5.39. The van der Waals surface area contributed by atoms with Crippen molar-refractivity contribution in [2.75, 3.05) is 37.5 Å². The number of hydrogen-bond acceptors (Lipinski definition) is 6. The number of ether oxygens (including phenoxy) is 2. The van der Waals surface area contributed by atoms with Gasteiger partial charge in [0.2, 0.25) is 0 Å². The highest BCUT2D eigenvalue weighted by Gasteiger charge is 2.13. The fraction of sp³-hybridized carbons (Fsp3) is 0.412. The van der Waals surface area contributed by atoms with E-state index in [0.29, 0.717) is 0 Å². The number of anilines is 3. The van der Waals surface area contributed by atoms with Crippen LogP contribution in [0.25, 0.3) is 0 Å². The van der Waals surface area contributed by atoms with Gasteiger partial charge in [0.1, 0.15) is 29.5 Å². The maximum atomic E-state index is 5.39. The molecule has 1 aliphatic heterocycles. The molecular formula is C17H22N4O2. The summed E-state index contributed by atoms with van der Waals surface area (Å²) in [5.74, 6) is 3.21. The number of methoxy groups -OCH3 is 2. The summed E-state index contributed by atoms with van der Waals surface area (Å²) >= 11 is 0. The van der Waals surface area contributed by atoms with Gasteiger partial charge in [-0.3, -0.25) is 0 Å². The topological polar surface area (TPSA) is 59.5 Å². The predicted octanol–water partition coefficient (Wildman–Crippen LogP) is 3.23. The molecule has 1 saturated heterocycles. The molecule has 2 heterocycles. The zero-order valence-corrected chi connectivity index (χ0v) is 13.6. The minimum Gasteiger partial charge on any atom is -0.497 e. The van der Waals surface area contributed by atoms with Crippen LogP contribution in [0.1, 0.15) is 19.3 Å². The molecular weight excluding hydrogens is 292 g/mol. The van der Waals surface area contributed by atoms with Crippen LogP contribution in [0, 0.1) is 0 Å². The zero-order chi connectivity index (χ0) is 16.1. The Hall–Kier alpha value is -2.50. The molecule has 1 aliphatic rings. The van der Waals surface area contributed by atoms with Crippen molar-refractivity contribution in [2.45, 2.75) is 19.3 Å². The first kappa shape index (κ1) is 15.4. The normalized spacial score (nSPS) is 14.4. The molecule has 1 aromatic heterocycles. The summed E-state index contributed by atoms with van der Waals surface area (Å²) in [6, 6.07) is 7.60. The van der Waals surface area contributed by atoms with Gasteiger partial charge in [-0.2, -0.15) is 0 Å². The lowest BCUT2D eigenvalue weighted by Gasteiger charge is -2.27. The van der Waals surface area contributed by atoms with Crippen LogP contribution in [0.4, 0.5) is 17.3 Å². The van der Waals surface area contributed by atoms with Crippen molar-refractivity contribution in [3.05, 3.63) is 30.6 Å². The van der Waals surface area contributed by atoms with E-state index >= 15 is 0 Å². The number of aromatic nitrogens is 2. The lowest BCUT2D eigenvalue weighted by molar-refractivity contribution is 0.405. The highest BCUT2D eigenvalue weighted by molar-refractivity contribution is 5.67. The quantitative estimate of drug-likeness (QED) is 0.914. The van der Waals surface area contributed by atoms with E-state index in [1.807, 2.05) is 24.3 Å². The van der Waals surface area contributed by atoms with E-state index in [1.165, 1.54) is 19.3 Å². The van der Waals surface area contributed by atoms with Crippen molar-refractivity contribution in [3.63, 3.8) is 0 Å². The summed E-state index contributed by atoms with van der Waals surface area (Å²) < 4.78 is 10.7. The molecule has 23 heavy (non-hydrogen) atoms. The van der Waals surface area contributed by atoms with Gasteiger partial charge in [-0.25, -0.2) is 9.97 Å². The number of nitrogens with zero attached hydrogens (tertiary/aromatic N) is 3. The number of piperidine rings is 1. The van der Waals surface area contributed by atoms with E-state index in [4.69, 9.17) is 9.47 Å². The van der Waals surface area contributed by atoms with Crippen molar-refractivity contribution in [2.24, 2.45) is 0 Å². The fourth-order valence-corrected chi connectivity index (χ4v) is 2.76. The SMILES string of the molecule is COc1ccc(OC)c(Nc2cc(N3CCCCC3)ncn2)c1. The Balaban J connectivity index is 1.82. The molecule has 2 aromatic rings. The summed E-state index contributed by atoms with van der Waals surface area (Å²) in [4.78, 5) is 11.0. The molecule has 0 radical (unpaired) electrons. The highest BCUT2D eigenvalue weighted by atomic mass is 16.5. The van der Waals surface area contributed by atoms with Gasteiger partial charge < -0.3 is 19.7 Å². The molecule has 6 nitrogen and oxygen atoms in total. The first-order valence-corrected chi connectivity index (χ1v) is 7.86. The maximum Gasteiger partial charge on any atom is 0.142 e. The van der Waals surface area contributed by atoms with Crippen molar-refractivity contribution >= 4 is 17.3 Å². The molecule has 0 spiro atoms. The minimum atomic E-state index is 0.740. The Morgan fingerprint density at radius 2 is 1.83 bits per heavy atom. The Morgan fingerprint density at radius 3 is 2.57 bits per heavy atom. The smallest absolute Gasteiger partial charge is 0.142 e. The van der Waals surface area contributed by atoms with Gasteiger partial charge in [0.05, 0.1) is 19.9 Å². The van der Waals surface area contributed by atoms with Crippen LogP contribution >= 0.6 is 0 Å². The summed E-state index contributed by atoms with van der Waals surface area (Å²) in [5, 5.41) is 3.29. The first-order chi connectivity index (χ1) is 11.3. The second-order valence-electron chi connectivity index (χ2n) is 5.50. The average Bonchev–Trinajstić information content (AvgIpc) is 2.62. The molecule has 1 aromatic carbocycles. The average molecular weight is 314 g/mol. The molecule has 1 fully saturated rings. The van der Waals surface area contributed by atoms with Crippen molar-refractivity contribution in [1.82, 2.24) is 9.97 Å². The third-order valence-corrected chi connectivity index (χ3v) is 4.00. The van der Waals surface area contributed by atoms with Gasteiger partial charge in [-0.1, -0.05) is 0 Å². The van der Waals surface area contributed by atoms with Gasteiger partial charge in [0.15, 0.2) is 0 Å². The van der Waals surface area contributed by atoms with Crippen molar-refractivity contribution in [3.8, 4) is 11.5 Å². The molecule has 0 atom stereocenters. The van der Waals surface area contributed by atoms with E-state index in [0.717, 1.165) is 41.9 Å². The molecule has 1 N–H and O–H groups in total. The van der Waals surface area contributed by atoms with Gasteiger partial charge >= 0.3 is 0 Å². The van der Waals surface area contributed by atoms with Gasteiger partial charge in [0.25, 0.3) is 0 Å². The summed E-state index contributed by atoms with van der Waals surface area (Å²) in [6.45, 7) is 2.11. The Bertz CT molecular complexity index is 657. The van der Waals surface area contributed by atoms with E-state index in [-0.39, 0.29) is 0 Å². The zero-order valence-electron chi connectivity index (χ0n) is 13.6. The van der Waals surface area contributed by atoms with E-state index < -0.39 is 0 Å². The van der Waals surface area contributed by atoms with Crippen molar-refractivity contribution < 1.29 is 9.47 Å². The highest BCUT2D eigenvalue weighted by Crippen LogP contribution is 2.31. The van der Waals surface area contributed by atoms with Crippen LogP contribution in [0.2, 0.25) is 0 Å². The largest absolute Gasteiger partial charge is 0.497 e. The van der Waals surface area contributed by atoms with Gasteiger partial charge in [-0.05, 0) is 31.4 Å². The number of nitrogens with one attached hydrogen (secondary N) is 1. The molecule has 122 valence electrons. The number of rotatable bonds is 5. The van der Waals surface area contributed by atoms with Gasteiger partial charge in [0, 0.05) is 25.2 Å². The molecule has 6 heteroatoms. The van der Waals surface area contributed by atoms with Gasteiger partial charge in [-0.15, -0.1) is 0 Å². The monoisotopic (exact) mass is 314 g/mol. The lowest BCUT2D eigenvalue weighted by Crippen LogP contribution is -2.30. The lowest BCUT2D eigenvalue weighted by atomic mass is 10.1. The van der Waals surface area contributed by atoms with E-state index in [2.05, 4.69) is 20.2 Å². The second kappa shape index (κ2) is 7.17. The molecule has 0 bridgehead atoms. The fourth-order valence-electron chi connectivity index (χ4n) is 2.76. The molecule has 0 amide bonds. The third-order valence-electron chi connectivity index (χ3n) is 4.00. The molecule has 3 rings (SSSR count). The van der Waals surface area contributed by atoms with Crippen LogP contribution in [0.5, 0.6) is 11.5 Å². The Kier molecular flexibility index (Phi) is 4.80. The van der Waals surface area contributed by atoms with E-state index in [9.17, 15) is 0 Å². The van der Waals surface area contributed by atoms with Crippen LogP contribution in [0.3, 0.4) is 0 Å². The molecule has 0 unspecified atom stereocenters. The third kappa shape index (κ3) is 3.64. The number of benzene rings is 1. The van der Waals surface area contributed by atoms with Crippen molar-refractivity contribution in [1.29, 1.82) is 0 Å². The van der Waals surface area contributed by atoms with Crippen LogP contribution in [-0.4, -0.2) is 37.3 Å². The Labute approximate surface area is 136 Å². The summed E-state index contributed by atoms with van der Waals surface area (Å²) in [7, 11) is 3.29. The summed E-state index contributed by atoms with van der Waals surface area (Å²) in [6.07, 6.45) is 5.33. The first-order valence-electron chi connectivity index (χ1n) is 7.86. The van der Waals surface area contributed by atoms with Crippen LogP contribution in [-0.2, 0) is 0 Å². The standard InChI is InChI=1S/C17H22N4O2/c1-22-13-6-7-15(23-2)14(10-13)20-16-11-17(19-12-18-16)21-8-4-3-5-9-21/h6-7,10-12H,3-5,8-9H2,1-2H3,(H,18,19,20). The molecule has 0 aliphatic carbocycles. The van der Waals surface area contributed by atoms with Crippen LogP contribution < -0.4 is 19.7 Å². The number of hydrogen-bond donors (Lipinski definition) is 1. The van der Waals surface area contributed by atoms with E-state index in [1.54, 1.807) is 20.5 Å². The minimum absolute atomic E-state index is 0.740.